The fraction of sp³-hybridized carbons (Fsp3) is 0.303. The van der Waals surface area contributed by atoms with Gasteiger partial charge in [-0.15, -0.1) is 0 Å². The second-order valence-corrected chi connectivity index (χ2v) is 10.7. The average Bonchev–Trinajstić information content (AvgIpc) is 3.39. The zero-order valence-electron chi connectivity index (χ0n) is 21.5. The lowest BCUT2D eigenvalue weighted by atomic mass is 9.61. The van der Waals surface area contributed by atoms with Crippen LogP contribution in [-0.2, 0) is 20.8 Å². The number of fused-ring (bicyclic) bond motifs is 5. The number of carbonyl (C=O) groups is 3. The van der Waals surface area contributed by atoms with Gasteiger partial charge in [0.05, 0.1) is 28.4 Å². The summed E-state index contributed by atoms with van der Waals surface area (Å²) in [5.41, 5.74) is 3.22. The number of Topliss-reactive ketones (excluding diaryl/α,β-unsaturated/α-hetero) is 1. The number of amides is 2. The molecule has 0 radical (unpaired) electrons. The van der Waals surface area contributed by atoms with Gasteiger partial charge in [-0.25, -0.2) is 4.90 Å². The summed E-state index contributed by atoms with van der Waals surface area (Å²) in [5, 5.41) is 0. The highest BCUT2D eigenvalue weighted by atomic mass is 16.2. The Kier molecular flexibility index (Phi) is 5.34. The number of para-hydroxylation sites is 1. The average molecular weight is 490 g/mol. The van der Waals surface area contributed by atoms with Crippen molar-refractivity contribution >= 4 is 34.4 Å². The van der Waals surface area contributed by atoms with E-state index >= 15 is 0 Å². The number of benzene rings is 3. The fourth-order valence-corrected chi connectivity index (χ4v) is 7.62. The normalized spacial score (nSPS) is 28.4. The van der Waals surface area contributed by atoms with Crippen molar-refractivity contribution in [2.24, 2.45) is 22.7 Å². The van der Waals surface area contributed by atoms with Gasteiger partial charge in [0.25, 0.3) is 0 Å². The minimum atomic E-state index is -1.09. The minimum Gasteiger partial charge on any atom is -0.298 e. The molecule has 4 atom stereocenters. The van der Waals surface area contributed by atoms with Crippen molar-refractivity contribution in [3.8, 4) is 0 Å². The summed E-state index contributed by atoms with van der Waals surface area (Å²) in [6.45, 7) is 6.00. The lowest BCUT2D eigenvalue weighted by Gasteiger charge is -2.37. The second-order valence-electron chi connectivity index (χ2n) is 10.7. The molecule has 3 aromatic carbocycles. The van der Waals surface area contributed by atoms with E-state index in [0.717, 1.165) is 34.3 Å². The summed E-state index contributed by atoms with van der Waals surface area (Å²) in [5.74, 6) is -1.87. The number of carbonyl (C=O) groups excluding carboxylic acids is 3. The number of hydrogen-bond acceptors (Lipinski definition) is 3. The molecule has 2 aliphatic carbocycles. The van der Waals surface area contributed by atoms with Crippen LogP contribution in [0.5, 0.6) is 0 Å². The molecular formula is C33H31NO3. The molecule has 0 unspecified atom stereocenters. The molecule has 1 saturated carbocycles. The number of aryl methyl sites for hydroxylation is 1. The summed E-state index contributed by atoms with van der Waals surface area (Å²) in [7, 11) is 0. The van der Waals surface area contributed by atoms with Crippen molar-refractivity contribution in [1.82, 2.24) is 0 Å². The molecule has 186 valence electrons. The SMILES string of the molecule is CCC[C@@]12C(=O)[C@@](C)(C(c3ccccc3)=C1c1ccccc1)[C@H]1C(=O)N(c3ccccc3CC)C(=O)[C@H]12. The third kappa shape index (κ3) is 2.87. The lowest BCUT2D eigenvalue weighted by molar-refractivity contribution is -0.134. The first kappa shape index (κ1) is 23.6. The molecule has 0 aromatic heterocycles. The van der Waals surface area contributed by atoms with Crippen LogP contribution in [0.3, 0.4) is 0 Å². The Morgan fingerprint density at radius 3 is 1.84 bits per heavy atom. The van der Waals surface area contributed by atoms with Gasteiger partial charge >= 0.3 is 0 Å². The molecule has 2 bridgehead atoms. The van der Waals surface area contributed by atoms with Gasteiger partial charge in [-0.2, -0.15) is 0 Å². The Balaban J connectivity index is 1.66. The van der Waals surface area contributed by atoms with Crippen LogP contribution in [0.25, 0.3) is 11.1 Å². The van der Waals surface area contributed by atoms with Gasteiger partial charge in [-0.1, -0.05) is 99.1 Å². The Bertz CT molecular complexity index is 1460. The van der Waals surface area contributed by atoms with Gasteiger partial charge in [0.15, 0.2) is 5.78 Å². The molecule has 6 rings (SSSR count). The topological polar surface area (TPSA) is 54.5 Å². The molecule has 1 heterocycles. The van der Waals surface area contributed by atoms with Crippen LogP contribution in [0, 0.1) is 22.7 Å². The molecule has 3 aliphatic rings. The predicted molar refractivity (Wildman–Crippen MR) is 145 cm³/mol. The van der Waals surface area contributed by atoms with E-state index in [1.807, 2.05) is 98.8 Å². The molecule has 4 nitrogen and oxygen atoms in total. The molecule has 1 aliphatic heterocycles. The van der Waals surface area contributed by atoms with E-state index in [0.29, 0.717) is 18.5 Å². The molecule has 4 heteroatoms. The lowest BCUT2D eigenvalue weighted by Crippen LogP contribution is -2.41. The standard InChI is InChI=1S/C33H31NO3/c1-4-20-33-26(23-17-10-7-11-18-23)25(22-15-8-6-9-16-22)32(3,31(33)37)27-28(33)30(36)34(29(27)35)24-19-13-12-14-21(24)5-2/h6-19,27-28H,4-5,20H2,1-3H3/t27-,28+,32+,33-/m1/s1. The maximum atomic E-state index is 14.7. The van der Waals surface area contributed by atoms with Gasteiger partial charge in [0.2, 0.25) is 11.8 Å². The Morgan fingerprint density at radius 2 is 1.24 bits per heavy atom. The monoisotopic (exact) mass is 489 g/mol. The van der Waals surface area contributed by atoms with E-state index in [-0.39, 0.29) is 17.6 Å². The molecule has 37 heavy (non-hydrogen) atoms. The van der Waals surface area contributed by atoms with Gasteiger partial charge in [-0.3, -0.25) is 14.4 Å². The van der Waals surface area contributed by atoms with Crippen LogP contribution < -0.4 is 4.90 Å². The highest BCUT2D eigenvalue weighted by Gasteiger charge is 2.80. The number of ketones is 1. The van der Waals surface area contributed by atoms with Crippen molar-refractivity contribution in [2.75, 3.05) is 4.90 Å². The van der Waals surface area contributed by atoms with Crippen LogP contribution in [0.1, 0.15) is 50.3 Å². The summed E-state index contributed by atoms with van der Waals surface area (Å²) in [6, 6.07) is 27.6. The van der Waals surface area contributed by atoms with E-state index in [1.165, 1.54) is 4.90 Å². The van der Waals surface area contributed by atoms with Crippen LogP contribution in [0.15, 0.2) is 84.9 Å². The quantitative estimate of drug-likeness (QED) is 0.379. The molecule has 3 aromatic rings. The third-order valence-electron chi connectivity index (χ3n) is 8.93. The zero-order valence-corrected chi connectivity index (χ0v) is 21.5. The van der Waals surface area contributed by atoms with Gasteiger partial charge in [0.1, 0.15) is 0 Å². The first-order chi connectivity index (χ1) is 17.9. The Hall–Kier alpha value is -3.79. The molecule has 2 amide bonds. The van der Waals surface area contributed by atoms with Gasteiger partial charge in [0, 0.05) is 0 Å². The number of hydrogen-bond donors (Lipinski definition) is 0. The van der Waals surface area contributed by atoms with Crippen molar-refractivity contribution in [3.63, 3.8) is 0 Å². The number of imide groups is 1. The van der Waals surface area contributed by atoms with Crippen molar-refractivity contribution in [3.05, 3.63) is 102 Å². The number of anilines is 1. The Labute approximate surface area is 218 Å². The fourth-order valence-electron chi connectivity index (χ4n) is 7.62. The molecule has 2 fully saturated rings. The molecular weight excluding hydrogens is 458 g/mol. The molecule has 1 saturated heterocycles. The summed E-state index contributed by atoms with van der Waals surface area (Å²) in [6.07, 6.45) is 1.98. The minimum absolute atomic E-state index is 0.0275. The summed E-state index contributed by atoms with van der Waals surface area (Å²) >= 11 is 0. The number of rotatable bonds is 6. The summed E-state index contributed by atoms with van der Waals surface area (Å²) < 4.78 is 0. The van der Waals surface area contributed by atoms with E-state index in [1.54, 1.807) is 0 Å². The Morgan fingerprint density at radius 1 is 0.703 bits per heavy atom. The van der Waals surface area contributed by atoms with E-state index in [9.17, 15) is 14.4 Å². The van der Waals surface area contributed by atoms with Crippen LogP contribution >= 0.6 is 0 Å². The first-order valence-electron chi connectivity index (χ1n) is 13.3. The smallest absolute Gasteiger partial charge is 0.239 e. The van der Waals surface area contributed by atoms with Crippen molar-refractivity contribution in [2.45, 2.75) is 40.0 Å². The predicted octanol–water partition coefficient (Wildman–Crippen LogP) is 6.35. The van der Waals surface area contributed by atoms with E-state index < -0.39 is 22.7 Å². The van der Waals surface area contributed by atoms with Gasteiger partial charge < -0.3 is 0 Å². The highest BCUT2D eigenvalue weighted by Crippen LogP contribution is 2.75. The maximum absolute atomic E-state index is 14.7. The highest BCUT2D eigenvalue weighted by molar-refractivity contribution is 6.34. The zero-order chi connectivity index (χ0) is 25.9. The van der Waals surface area contributed by atoms with Crippen LogP contribution in [0.4, 0.5) is 5.69 Å². The number of allylic oxidation sites excluding steroid dienone is 2. The van der Waals surface area contributed by atoms with Crippen LogP contribution in [0.2, 0.25) is 0 Å². The summed E-state index contributed by atoms with van der Waals surface area (Å²) in [4.78, 5) is 44.8. The third-order valence-corrected chi connectivity index (χ3v) is 8.93. The van der Waals surface area contributed by atoms with E-state index in [4.69, 9.17) is 0 Å². The maximum Gasteiger partial charge on any atom is 0.239 e. The second kappa shape index (κ2) is 8.37. The number of nitrogens with zero attached hydrogens (tertiary/aromatic N) is 1. The molecule has 0 N–H and O–H groups in total. The van der Waals surface area contributed by atoms with E-state index in [2.05, 4.69) is 6.92 Å². The van der Waals surface area contributed by atoms with Crippen LogP contribution in [-0.4, -0.2) is 17.6 Å². The largest absolute Gasteiger partial charge is 0.298 e. The van der Waals surface area contributed by atoms with Gasteiger partial charge in [-0.05, 0) is 53.7 Å². The van der Waals surface area contributed by atoms with Crippen molar-refractivity contribution < 1.29 is 14.4 Å². The first-order valence-corrected chi connectivity index (χ1v) is 13.3. The molecule has 0 spiro atoms. The van der Waals surface area contributed by atoms with Crippen molar-refractivity contribution in [1.29, 1.82) is 0 Å².